The monoisotopic (exact) mass is 421 g/mol. The van der Waals surface area contributed by atoms with Crippen molar-refractivity contribution < 1.29 is 26.4 Å². The first-order valence-corrected chi connectivity index (χ1v) is 9.87. The summed E-state index contributed by atoms with van der Waals surface area (Å²) in [6.07, 6.45) is -3.77. The van der Waals surface area contributed by atoms with Gasteiger partial charge in [0.15, 0.2) is 0 Å². The average molecular weight is 421 g/mol. The van der Waals surface area contributed by atoms with Crippen LogP contribution in [0, 0.1) is 5.41 Å². The Morgan fingerprint density at radius 3 is 2.07 bits per heavy atom. The zero-order valence-electron chi connectivity index (χ0n) is 14.6. The van der Waals surface area contributed by atoms with Gasteiger partial charge < -0.3 is 11.1 Å². The number of fused-ring (bicyclic) bond motifs is 5. The summed E-state index contributed by atoms with van der Waals surface area (Å²) in [5.41, 5.74) is 5.69. The van der Waals surface area contributed by atoms with E-state index < -0.39 is 39.6 Å². The fraction of sp³-hybridized carbons (Fsp3) is 0.158. The van der Waals surface area contributed by atoms with E-state index in [1.165, 1.54) is 0 Å². The summed E-state index contributed by atoms with van der Waals surface area (Å²) in [5, 5.41) is 7.65. The summed E-state index contributed by atoms with van der Waals surface area (Å²) in [5.74, 6) is -0.666. The van der Waals surface area contributed by atoms with Gasteiger partial charge in [-0.2, -0.15) is 17.5 Å². The van der Waals surface area contributed by atoms with Crippen molar-refractivity contribution in [2.75, 3.05) is 0 Å². The fourth-order valence-corrected chi connectivity index (χ4v) is 5.52. The standard InChI is InChI=1S/C19H14F3N3O3S/c20-19(21,22)10-5-7-11(8-6-10)29(27,28)25-16-12-3-1-2-4-13(12)17(25)18(26)15(24)14(16)9-23/h1-9,16-17,23H,24H2. The molecule has 0 spiro atoms. The molecule has 4 rings (SSSR count). The molecule has 2 unspecified atom stereocenters. The van der Waals surface area contributed by atoms with E-state index in [9.17, 15) is 26.4 Å². The highest BCUT2D eigenvalue weighted by Gasteiger charge is 2.54. The van der Waals surface area contributed by atoms with Crippen LogP contribution in [0.4, 0.5) is 13.2 Å². The lowest BCUT2D eigenvalue weighted by Gasteiger charge is -2.34. The van der Waals surface area contributed by atoms with Gasteiger partial charge in [0.2, 0.25) is 15.8 Å². The number of nitrogens with one attached hydrogen (secondary N) is 1. The lowest BCUT2D eigenvalue weighted by molar-refractivity contribution is -0.137. The maximum atomic E-state index is 13.3. The van der Waals surface area contributed by atoms with Crippen molar-refractivity contribution in [3.8, 4) is 0 Å². The van der Waals surface area contributed by atoms with Crippen molar-refractivity contribution in [2.24, 2.45) is 5.73 Å². The predicted molar refractivity (Wildman–Crippen MR) is 97.4 cm³/mol. The van der Waals surface area contributed by atoms with E-state index in [2.05, 4.69) is 0 Å². The largest absolute Gasteiger partial charge is 0.416 e. The van der Waals surface area contributed by atoms with Gasteiger partial charge in [0, 0.05) is 11.8 Å². The number of hydrogen-bond acceptors (Lipinski definition) is 5. The lowest BCUT2D eigenvalue weighted by Crippen LogP contribution is -2.43. The van der Waals surface area contributed by atoms with Gasteiger partial charge in [-0.05, 0) is 35.4 Å². The second kappa shape index (κ2) is 6.26. The first-order chi connectivity index (χ1) is 13.6. The van der Waals surface area contributed by atoms with Crippen LogP contribution in [0.3, 0.4) is 0 Å². The maximum absolute atomic E-state index is 13.3. The van der Waals surface area contributed by atoms with E-state index in [0.29, 0.717) is 23.3 Å². The molecule has 0 fully saturated rings. The van der Waals surface area contributed by atoms with Crippen LogP contribution in [0.1, 0.15) is 28.8 Å². The first kappa shape index (κ1) is 19.3. The van der Waals surface area contributed by atoms with Gasteiger partial charge in [-0.1, -0.05) is 24.3 Å². The molecular weight excluding hydrogens is 407 g/mol. The summed E-state index contributed by atoms with van der Waals surface area (Å²) in [6.45, 7) is 0. The van der Waals surface area contributed by atoms with Crippen LogP contribution in [0.2, 0.25) is 0 Å². The number of hydrogen-bond donors (Lipinski definition) is 2. The Kier molecular flexibility index (Phi) is 4.18. The molecular formula is C19H14F3N3O3S. The van der Waals surface area contributed by atoms with E-state index in [4.69, 9.17) is 11.1 Å². The zero-order chi connectivity index (χ0) is 21.1. The molecule has 2 heterocycles. The van der Waals surface area contributed by atoms with Crippen LogP contribution in [0.15, 0.2) is 64.7 Å². The number of alkyl halides is 3. The number of halogens is 3. The first-order valence-electron chi connectivity index (χ1n) is 8.43. The van der Waals surface area contributed by atoms with Crippen LogP contribution in [-0.4, -0.2) is 24.7 Å². The van der Waals surface area contributed by atoms with Gasteiger partial charge in [-0.15, -0.1) is 0 Å². The number of Topliss-reactive ketones (excluding diaryl/α,β-unsaturated/α-hetero) is 1. The molecule has 10 heteroatoms. The fourth-order valence-electron chi connectivity index (χ4n) is 3.80. The second-order valence-electron chi connectivity index (χ2n) is 6.67. The van der Waals surface area contributed by atoms with Crippen LogP contribution >= 0.6 is 0 Å². The van der Waals surface area contributed by atoms with Crippen LogP contribution in [0.25, 0.3) is 0 Å². The molecule has 2 aliphatic heterocycles. The number of sulfonamides is 1. The number of carbonyl (C=O) groups excluding carboxylic acids is 1. The predicted octanol–water partition coefficient (Wildman–Crippen LogP) is 2.94. The molecule has 0 amide bonds. The van der Waals surface area contributed by atoms with Gasteiger partial charge in [0.1, 0.15) is 6.04 Å². The second-order valence-corrected chi connectivity index (χ2v) is 8.51. The Hall–Kier alpha value is -2.98. The molecule has 0 aromatic heterocycles. The molecule has 0 radical (unpaired) electrons. The molecule has 0 saturated carbocycles. The molecule has 0 aliphatic carbocycles. The molecule has 2 atom stereocenters. The third-order valence-electron chi connectivity index (χ3n) is 5.13. The minimum Gasteiger partial charge on any atom is -0.395 e. The van der Waals surface area contributed by atoms with Crippen molar-refractivity contribution in [3.63, 3.8) is 0 Å². The molecule has 6 nitrogen and oxygen atoms in total. The van der Waals surface area contributed by atoms with E-state index in [1.54, 1.807) is 24.3 Å². The summed E-state index contributed by atoms with van der Waals surface area (Å²) in [6, 6.07) is 7.41. The molecule has 2 aliphatic rings. The highest BCUT2D eigenvalue weighted by atomic mass is 32.2. The highest BCUT2D eigenvalue weighted by Crippen LogP contribution is 2.52. The number of carbonyl (C=O) groups is 1. The number of rotatable bonds is 3. The average Bonchev–Trinajstić information content (AvgIpc) is 2.99. The smallest absolute Gasteiger partial charge is 0.395 e. The van der Waals surface area contributed by atoms with Crippen molar-refractivity contribution in [1.29, 1.82) is 5.41 Å². The Bertz CT molecular complexity index is 1170. The minimum atomic E-state index is -4.61. The van der Waals surface area contributed by atoms with E-state index >= 15 is 0 Å². The normalized spacial score (nSPS) is 22.0. The molecule has 0 saturated heterocycles. The number of nitrogens with zero attached hydrogens (tertiary/aromatic N) is 1. The van der Waals surface area contributed by atoms with E-state index in [0.717, 1.165) is 22.7 Å². The van der Waals surface area contributed by atoms with Crippen LogP contribution in [-0.2, 0) is 21.0 Å². The van der Waals surface area contributed by atoms with Crippen LogP contribution in [0.5, 0.6) is 0 Å². The van der Waals surface area contributed by atoms with Gasteiger partial charge in [0.25, 0.3) is 0 Å². The quantitative estimate of drug-likeness (QED) is 0.744. The SMILES string of the molecule is N=CC1=C(N)C(=O)C2c3ccccc3C1N2S(=O)(=O)c1ccc(C(F)(F)F)cc1. The molecule has 150 valence electrons. The third kappa shape index (κ3) is 2.70. The van der Waals surface area contributed by atoms with Crippen molar-refractivity contribution >= 4 is 22.0 Å². The van der Waals surface area contributed by atoms with E-state index in [-0.39, 0.29) is 16.2 Å². The summed E-state index contributed by atoms with van der Waals surface area (Å²) >= 11 is 0. The minimum absolute atomic E-state index is 0.0340. The number of benzene rings is 2. The topological polar surface area (TPSA) is 104 Å². The van der Waals surface area contributed by atoms with Gasteiger partial charge in [-0.3, -0.25) is 4.79 Å². The number of ketones is 1. The van der Waals surface area contributed by atoms with Gasteiger partial charge >= 0.3 is 6.18 Å². The third-order valence-corrected chi connectivity index (χ3v) is 6.97. The molecule has 3 N–H and O–H groups in total. The van der Waals surface area contributed by atoms with E-state index in [1.807, 2.05) is 0 Å². The summed E-state index contributed by atoms with van der Waals surface area (Å²) in [4.78, 5) is 12.5. The molecule has 2 aromatic rings. The Balaban J connectivity index is 1.89. The number of nitrogens with two attached hydrogens (primary N) is 1. The summed E-state index contributed by atoms with van der Waals surface area (Å²) in [7, 11) is -4.38. The Morgan fingerprint density at radius 2 is 1.55 bits per heavy atom. The Labute approximate surface area is 164 Å². The molecule has 2 aromatic carbocycles. The van der Waals surface area contributed by atoms with Crippen LogP contribution < -0.4 is 5.73 Å². The van der Waals surface area contributed by atoms with Crippen molar-refractivity contribution in [1.82, 2.24) is 4.31 Å². The van der Waals surface area contributed by atoms with Gasteiger partial charge in [-0.25, -0.2) is 8.42 Å². The maximum Gasteiger partial charge on any atom is 0.416 e. The van der Waals surface area contributed by atoms with Crippen molar-refractivity contribution in [2.45, 2.75) is 23.2 Å². The molecule has 2 bridgehead atoms. The highest BCUT2D eigenvalue weighted by molar-refractivity contribution is 7.89. The van der Waals surface area contributed by atoms with Gasteiger partial charge in [0.05, 0.1) is 22.2 Å². The lowest BCUT2D eigenvalue weighted by atomic mass is 9.98. The zero-order valence-corrected chi connectivity index (χ0v) is 15.5. The summed E-state index contributed by atoms with van der Waals surface area (Å²) < 4.78 is 66.1. The molecule has 29 heavy (non-hydrogen) atoms. The van der Waals surface area contributed by atoms with Crippen molar-refractivity contribution in [3.05, 3.63) is 76.5 Å². The Morgan fingerprint density at radius 1 is 1.00 bits per heavy atom.